The van der Waals surface area contributed by atoms with Crippen molar-refractivity contribution in [2.45, 2.75) is 6.92 Å². The molecule has 0 saturated carbocycles. The van der Waals surface area contributed by atoms with Crippen LogP contribution in [0.15, 0.2) is 45.4 Å². The summed E-state index contributed by atoms with van der Waals surface area (Å²) in [4.78, 5) is 23.1. The van der Waals surface area contributed by atoms with E-state index in [0.717, 1.165) is 10.0 Å². The molecule has 0 bridgehead atoms. The van der Waals surface area contributed by atoms with Crippen molar-refractivity contribution in [3.05, 3.63) is 52.2 Å². The first kappa shape index (κ1) is 16.0. The summed E-state index contributed by atoms with van der Waals surface area (Å²) in [6, 6.07) is 8.98. The lowest BCUT2D eigenvalue weighted by Crippen LogP contribution is -2.20. The van der Waals surface area contributed by atoms with Gasteiger partial charge >= 0.3 is 5.97 Å². The molecule has 0 unspecified atom stereocenters. The molecule has 7 heteroatoms. The maximum Gasteiger partial charge on any atom is 0.331 e. The van der Waals surface area contributed by atoms with Gasteiger partial charge in [-0.15, -0.1) is 0 Å². The van der Waals surface area contributed by atoms with E-state index in [-0.39, 0.29) is 5.82 Å². The second-order valence-corrected chi connectivity index (χ2v) is 5.19. The van der Waals surface area contributed by atoms with Crippen LogP contribution in [0.25, 0.3) is 6.08 Å². The molecular weight excluding hydrogens is 352 g/mol. The molecule has 0 saturated heterocycles. The zero-order valence-electron chi connectivity index (χ0n) is 11.7. The molecule has 2 rings (SSSR count). The third kappa shape index (κ3) is 4.85. The van der Waals surface area contributed by atoms with Gasteiger partial charge in [0.15, 0.2) is 12.4 Å². The minimum absolute atomic E-state index is 0.280. The number of aromatic nitrogens is 1. The molecule has 0 aliphatic heterocycles. The highest BCUT2D eigenvalue weighted by Gasteiger charge is 2.08. The van der Waals surface area contributed by atoms with Crippen LogP contribution in [0.3, 0.4) is 0 Å². The Hall–Kier alpha value is -2.41. The molecule has 22 heavy (non-hydrogen) atoms. The number of benzene rings is 1. The molecule has 1 heterocycles. The van der Waals surface area contributed by atoms with Gasteiger partial charge in [0, 0.05) is 16.6 Å². The molecule has 1 N–H and O–H groups in total. The van der Waals surface area contributed by atoms with Gasteiger partial charge in [-0.1, -0.05) is 39.3 Å². The first-order valence-electron chi connectivity index (χ1n) is 6.37. The average Bonchev–Trinajstić information content (AvgIpc) is 2.89. The second-order valence-electron chi connectivity index (χ2n) is 4.33. The number of nitrogens with one attached hydrogen (secondary N) is 1. The zero-order valence-corrected chi connectivity index (χ0v) is 13.3. The van der Waals surface area contributed by atoms with E-state index in [1.54, 1.807) is 19.1 Å². The van der Waals surface area contributed by atoms with Crippen LogP contribution in [0.2, 0.25) is 0 Å². The number of esters is 1. The highest BCUT2D eigenvalue weighted by Crippen LogP contribution is 2.17. The molecule has 2 aromatic rings. The number of ether oxygens (including phenoxy) is 1. The van der Waals surface area contributed by atoms with E-state index in [1.165, 1.54) is 6.08 Å². The fourth-order valence-corrected chi connectivity index (χ4v) is 1.97. The minimum Gasteiger partial charge on any atom is -0.452 e. The molecule has 6 nitrogen and oxygen atoms in total. The SMILES string of the molecule is Cc1cc(NC(=O)COC(=O)/C=C/c2ccccc2Br)no1. The van der Waals surface area contributed by atoms with E-state index in [4.69, 9.17) is 9.26 Å². The van der Waals surface area contributed by atoms with Crippen molar-refractivity contribution in [2.75, 3.05) is 11.9 Å². The van der Waals surface area contributed by atoms with Crippen LogP contribution in [0.1, 0.15) is 11.3 Å². The van der Waals surface area contributed by atoms with Crippen LogP contribution >= 0.6 is 15.9 Å². The molecule has 0 radical (unpaired) electrons. The largest absolute Gasteiger partial charge is 0.452 e. The van der Waals surface area contributed by atoms with E-state index in [1.807, 2.05) is 24.3 Å². The lowest BCUT2D eigenvalue weighted by atomic mass is 10.2. The second kappa shape index (κ2) is 7.56. The molecule has 0 aliphatic carbocycles. The van der Waals surface area contributed by atoms with Gasteiger partial charge in [-0.25, -0.2) is 4.79 Å². The molecule has 1 aromatic carbocycles. The van der Waals surface area contributed by atoms with Crippen LogP contribution in [0, 0.1) is 6.92 Å². The number of carbonyl (C=O) groups excluding carboxylic acids is 2. The maximum atomic E-state index is 11.6. The molecule has 0 aliphatic rings. The molecule has 0 spiro atoms. The van der Waals surface area contributed by atoms with Crippen LogP contribution in [-0.4, -0.2) is 23.6 Å². The zero-order chi connectivity index (χ0) is 15.9. The minimum atomic E-state index is -0.609. The Labute approximate surface area is 135 Å². The Morgan fingerprint density at radius 3 is 2.86 bits per heavy atom. The first-order chi connectivity index (χ1) is 10.5. The van der Waals surface area contributed by atoms with Crippen LogP contribution in [0.4, 0.5) is 5.82 Å². The van der Waals surface area contributed by atoms with Gasteiger partial charge in [0.25, 0.3) is 5.91 Å². The first-order valence-corrected chi connectivity index (χ1v) is 7.16. The van der Waals surface area contributed by atoms with E-state index < -0.39 is 18.5 Å². The van der Waals surface area contributed by atoms with Gasteiger partial charge in [0.2, 0.25) is 0 Å². The lowest BCUT2D eigenvalue weighted by molar-refractivity contribution is -0.142. The highest BCUT2D eigenvalue weighted by molar-refractivity contribution is 9.10. The number of aryl methyl sites for hydroxylation is 1. The third-order valence-electron chi connectivity index (χ3n) is 2.55. The van der Waals surface area contributed by atoms with Crippen LogP contribution in [-0.2, 0) is 14.3 Å². The Morgan fingerprint density at radius 1 is 1.41 bits per heavy atom. The van der Waals surface area contributed by atoms with Crippen molar-refractivity contribution >= 4 is 39.7 Å². The van der Waals surface area contributed by atoms with Gasteiger partial charge in [0.1, 0.15) is 5.76 Å². The van der Waals surface area contributed by atoms with Crippen molar-refractivity contribution in [3.63, 3.8) is 0 Å². The number of hydrogen-bond acceptors (Lipinski definition) is 5. The monoisotopic (exact) mass is 364 g/mol. The summed E-state index contributed by atoms with van der Waals surface area (Å²) in [6.07, 6.45) is 2.86. The molecular formula is C15H13BrN2O4. The van der Waals surface area contributed by atoms with E-state index >= 15 is 0 Å². The van der Waals surface area contributed by atoms with Gasteiger partial charge < -0.3 is 14.6 Å². The Morgan fingerprint density at radius 2 is 2.18 bits per heavy atom. The number of amides is 1. The van der Waals surface area contributed by atoms with Gasteiger partial charge in [-0.05, 0) is 24.6 Å². The summed E-state index contributed by atoms with van der Waals surface area (Å²) in [5, 5.41) is 6.05. The highest BCUT2D eigenvalue weighted by atomic mass is 79.9. The van der Waals surface area contributed by atoms with Crippen molar-refractivity contribution in [3.8, 4) is 0 Å². The topological polar surface area (TPSA) is 81.4 Å². The number of hydrogen-bond donors (Lipinski definition) is 1. The summed E-state index contributed by atoms with van der Waals surface area (Å²) in [7, 11) is 0. The van der Waals surface area contributed by atoms with Crippen molar-refractivity contribution in [1.82, 2.24) is 5.16 Å². The predicted molar refractivity (Wildman–Crippen MR) is 84.0 cm³/mol. The molecule has 114 valence electrons. The Kier molecular flexibility index (Phi) is 5.48. The van der Waals surface area contributed by atoms with E-state index in [2.05, 4.69) is 26.4 Å². The lowest BCUT2D eigenvalue weighted by Gasteiger charge is -2.02. The van der Waals surface area contributed by atoms with Crippen molar-refractivity contribution < 1.29 is 18.8 Å². The van der Waals surface area contributed by atoms with Crippen LogP contribution < -0.4 is 5.32 Å². The summed E-state index contributed by atoms with van der Waals surface area (Å²) in [6.45, 7) is 1.31. The molecule has 0 fully saturated rings. The third-order valence-corrected chi connectivity index (χ3v) is 3.27. The number of halogens is 1. The summed E-state index contributed by atoms with van der Waals surface area (Å²) >= 11 is 3.36. The maximum absolute atomic E-state index is 11.6. The van der Waals surface area contributed by atoms with E-state index in [0.29, 0.717) is 5.76 Å². The summed E-state index contributed by atoms with van der Waals surface area (Å²) in [5.41, 5.74) is 0.835. The standard InChI is InChI=1S/C15H13BrN2O4/c1-10-8-13(18-22-10)17-14(19)9-21-15(20)7-6-11-4-2-3-5-12(11)16/h2-8H,9H2,1H3,(H,17,18,19)/b7-6+. The van der Waals surface area contributed by atoms with Gasteiger partial charge in [0.05, 0.1) is 0 Å². The number of nitrogens with zero attached hydrogens (tertiary/aromatic N) is 1. The Balaban J connectivity index is 1.80. The van der Waals surface area contributed by atoms with Gasteiger partial charge in [-0.3, -0.25) is 4.79 Å². The smallest absolute Gasteiger partial charge is 0.331 e. The van der Waals surface area contributed by atoms with Crippen molar-refractivity contribution in [2.24, 2.45) is 0 Å². The number of anilines is 1. The predicted octanol–water partition coefficient (Wildman–Crippen LogP) is 2.94. The number of rotatable bonds is 5. The Bertz CT molecular complexity index is 709. The normalized spacial score (nSPS) is 10.6. The van der Waals surface area contributed by atoms with Gasteiger partial charge in [-0.2, -0.15) is 0 Å². The fourth-order valence-electron chi connectivity index (χ4n) is 1.56. The molecule has 1 aromatic heterocycles. The van der Waals surface area contributed by atoms with Crippen molar-refractivity contribution in [1.29, 1.82) is 0 Å². The number of carbonyl (C=O) groups is 2. The fraction of sp³-hybridized carbons (Fsp3) is 0.133. The summed E-state index contributed by atoms with van der Waals surface area (Å²) in [5.74, 6) is -0.246. The molecule has 0 atom stereocenters. The summed E-state index contributed by atoms with van der Waals surface area (Å²) < 4.78 is 10.5. The van der Waals surface area contributed by atoms with Crippen LogP contribution in [0.5, 0.6) is 0 Å². The van der Waals surface area contributed by atoms with E-state index in [9.17, 15) is 9.59 Å². The quantitative estimate of drug-likeness (QED) is 0.651. The molecule has 1 amide bonds. The average molecular weight is 365 g/mol.